The fourth-order valence-corrected chi connectivity index (χ4v) is 2.98. The first-order valence-corrected chi connectivity index (χ1v) is 9.20. The van der Waals surface area contributed by atoms with E-state index in [-0.39, 0.29) is 17.4 Å². The van der Waals surface area contributed by atoms with Gasteiger partial charge in [-0.3, -0.25) is 4.79 Å². The van der Waals surface area contributed by atoms with E-state index in [0.29, 0.717) is 35.2 Å². The Labute approximate surface area is 168 Å². The number of carbonyl (C=O) groups excluding carboxylic acids is 1. The van der Waals surface area contributed by atoms with Crippen molar-refractivity contribution in [2.75, 3.05) is 11.9 Å². The van der Waals surface area contributed by atoms with Crippen molar-refractivity contribution in [1.82, 2.24) is 15.3 Å². The number of aryl methyl sites for hydroxylation is 2. The van der Waals surface area contributed by atoms with E-state index in [9.17, 15) is 9.18 Å². The molecule has 3 aromatic rings. The Morgan fingerprint density at radius 3 is 2.64 bits per heavy atom. The monoisotopic (exact) mass is 398 g/mol. The summed E-state index contributed by atoms with van der Waals surface area (Å²) in [6.45, 7) is 3.95. The molecule has 144 valence electrons. The summed E-state index contributed by atoms with van der Waals surface area (Å²) in [4.78, 5) is 21.0. The molecule has 7 heteroatoms. The fraction of sp³-hybridized carbons (Fsp3) is 0.190. The molecule has 2 aromatic carbocycles. The SMILES string of the molecule is Cc1nc(Nc2ccc(Cl)cc2C)cc(C(=O)NCCc2ccccc2F)n1. The number of aromatic nitrogens is 2. The molecule has 0 saturated carbocycles. The lowest BCUT2D eigenvalue weighted by molar-refractivity contribution is 0.0948. The van der Waals surface area contributed by atoms with Gasteiger partial charge in [-0.15, -0.1) is 0 Å². The molecule has 1 aromatic heterocycles. The third-order valence-electron chi connectivity index (χ3n) is 4.16. The first-order valence-electron chi connectivity index (χ1n) is 8.83. The highest BCUT2D eigenvalue weighted by Gasteiger charge is 2.11. The van der Waals surface area contributed by atoms with Crippen LogP contribution in [0.3, 0.4) is 0 Å². The summed E-state index contributed by atoms with van der Waals surface area (Å²) in [7, 11) is 0. The summed E-state index contributed by atoms with van der Waals surface area (Å²) in [5.41, 5.74) is 2.60. The Morgan fingerprint density at radius 2 is 1.89 bits per heavy atom. The van der Waals surface area contributed by atoms with Gasteiger partial charge in [0.05, 0.1) is 0 Å². The normalized spacial score (nSPS) is 10.6. The minimum absolute atomic E-state index is 0.246. The number of nitrogens with zero attached hydrogens (tertiary/aromatic N) is 2. The maximum Gasteiger partial charge on any atom is 0.270 e. The van der Waals surface area contributed by atoms with Crippen LogP contribution in [0.2, 0.25) is 5.02 Å². The van der Waals surface area contributed by atoms with E-state index in [1.165, 1.54) is 6.07 Å². The molecule has 0 radical (unpaired) electrons. The largest absolute Gasteiger partial charge is 0.350 e. The second kappa shape index (κ2) is 8.80. The summed E-state index contributed by atoms with van der Waals surface area (Å²) in [6, 6.07) is 13.6. The lowest BCUT2D eigenvalue weighted by Crippen LogP contribution is -2.27. The molecule has 0 unspecified atom stereocenters. The number of carbonyl (C=O) groups is 1. The zero-order valence-corrected chi connectivity index (χ0v) is 16.3. The highest BCUT2D eigenvalue weighted by atomic mass is 35.5. The molecule has 0 atom stereocenters. The van der Waals surface area contributed by atoms with Crippen LogP contribution in [0.1, 0.15) is 27.4 Å². The maximum atomic E-state index is 13.7. The number of hydrogen-bond donors (Lipinski definition) is 2. The van der Waals surface area contributed by atoms with Crippen LogP contribution in [0.5, 0.6) is 0 Å². The van der Waals surface area contributed by atoms with Crippen molar-refractivity contribution in [2.45, 2.75) is 20.3 Å². The van der Waals surface area contributed by atoms with Gasteiger partial charge in [-0.05, 0) is 55.7 Å². The topological polar surface area (TPSA) is 66.9 Å². The third-order valence-corrected chi connectivity index (χ3v) is 4.39. The maximum absolute atomic E-state index is 13.7. The number of benzene rings is 2. The van der Waals surface area contributed by atoms with Gasteiger partial charge in [-0.2, -0.15) is 0 Å². The predicted octanol–water partition coefficient (Wildman–Crippen LogP) is 4.60. The quantitative estimate of drug-likeness (QED) is 0.636. The molecule has 0 aliphatic heterocycles. The molecule has 0 aliphatic carbocycles. The molecule has 2 N–H and O–H groups in total. The summed E-state index contributed by atoms with van der Waals surface area (Å²) in [5, 5.41) is 6.61. The van der Waals surface area contributed by atoms with Crippen LogP contribution >= 0.6 is 11.6 Å². The Bertz CT molecular complexity index is 1010. The Hall–Kier alpha value is -2.99. The van der Waals surface area contributed by atoms with Crippen LogP contribution < -0.4 is 10.6 Å². The minimum atomic E-state index is -0.335. The van der Waals surface area contributed by atoms with Gasteiger partial charge in [0.1, 0.15) is 23.2 Å². The molecule has 3 rings (SSSR count). The average molecular weight is 399 g/mol. The van der Waals surface area contributed by atoms with Crippen molar-refractivity contribution >= 4 is 29.0 Å². The lowest BCUT2D eigenvalue weighted by Gasteiger charge is -2.11. The molecule has 28 heavy (non-hydrogen) atoms. The summed E-state index contributed by atoms with van der Waals surface area (Å²) in [5.74, 6) is 0.366. The van der Waals surface area contributed by atoms with E-state index < -0.39 is 0 Å². The van der Waals surface area contributed by atoms with Crippen molar-refractivity contribution < 1.29 is 9.18 Å². The number of hydrogen-bond acceptors (Lipinski definition) is 4. The minimum Gasteiger partial charge on any atom is -0.350 e. The van der Waals surface area contributed by atoms with Gasteiger partial charge < -0.3 is 10.6 Å². The molecule has 0 saturated heterocycles. The van der Waals surface area contributed by atoms with E-state index in [1.807, 2.05) is 19.1 Å². The molecular weight excluding hydrogens is 379 g/mol. The molecule has 0 spiro atoms. The van der Waals surface area contributed by atoms with Gasteiger partial charge in [0.15, 0.2) is 0 Å². The molecular formula is C21H20ClFN4O. The molecule has 0 fully saturated rings. The van der Waals surface area contributed by atoms with E-state index in [4.69, 9.17) is 11.6 Å². The van der Waals surface area contributed by atoms with Gasteiger partial charge in [-0.1, -0.05) is 29.8 Å². The Morgan fingerprint density at radius 1 is 1.11 bits per heavy atom. The van der Waals surface area contributed by atoms with Gasteiger partial charge in [0.2, 0.25) is 0 Å². The Kier molecular flexibility index (Phi) is 6.21. The molecule has 0 bridgehead atoms. The second-order valence-electron chi connectivity index (χ2n) is 6.37. The predicted molar refractivity (Wildman–Crippen MR) is 109 cm³/mol. The van der Waals surface area contributed by atoms with Gasteiger partial charge in [-0.25, -0.2) is 14.4 Å². The van der Waals surface area contributed by atoms with Crippen LogP contribution in [-0.4, -0.2) is 22.4 Å². The molecule has 1 heterocycles. The van der Waals surface area contributed by atoms with Crippen molar-refractivity contribution in [3.05, 3.63) is 82.0 Å². The molecule has 0 aliphatic rings. The van der Waals surface area contributed by atoms with Crippen LogP contribution in [0, 0.1) is 19.7 Å². The van der Waals surface area contributed by atoms with Crippen LogP contribution in [0.15, 0.2) is 48.5 Å². The van der Waals surface area contributed by atoms with Gasteiger partial charge >= 0.3 is 0 Å². The number of anilines is 2. The van der Waals surface area contributed by atoms with E-state index in [0.717, 1.165) is 11.3 Å². The standard InChI is InChI=1S/C21H20ClFN4O/c1-13-11-16(22)7-8-18(13)27-20-12-19(25-14(2)26-20)21(28)24-10-9-15-5-3-4-6-17(15)23/h3-8,11-12H,9-10H2,1-2H3,(H,24,28)(H,25,26,27). The smallest absolute Gasteiger partial charge is 0.270 e. The van der Waals surface area contributed by atoms with Crippen LogP contribution in [0.25, 0.3) is 0 Å². The van der Waals surface area contributed by atoms with Crippen molar-refractivity contribution in [2.24, 2.45) is 0 Å². The third kappa shape index (κ3) is 5.04. The number of amides is 1. The van der Waals surface area contributed by atoms with Crippen LogP contribution in [0.4, 0.5) is 15.9 Å². The first kappa shape index (κ1) is 19.8. The number of rotatable bonds is 6. The van der Waals surface area contributed by atoms with Gasteiger partial charge in [0.25, 0.3) is 5.91 Å². The Balaban J connectivity index is 1.68. The summed E-state index contributed by atoms with van der Waals surface area (Å²) < 4.78 is 13.7. The number of halogens is 2. The van der Waals surface area contributed by atoms with Gasteiger partial charge in [0, 0.05) is 23.3 Å². The fourth-order valence-electron chi connectivity index (χ4n) is 2.76. The highest BCUT2D eigenvalue weighted by Crippen LogP contribution is 2.23. The van der Waals surface area contributed by atoms with Crippen molar-refractivity contribution in [1.29, 1.82) is 0 Å². The van der Waals surface area contributed by atoms with Crippen LogP contribution in [-0.2, 0) is 6.42 Å². The zero-order valence-electron chi connectivity index (χ0n) is 15.6. The second-order valence-corrected chi connectivity index (χ2v) is 6.80. The first-order chi connectivity index (χ1) is 13.4. The average Bonchev–Trinajstić information content (AvgIpc) is 2.65. The number of nitrogens with one attached hydrogen (secondary N) is 2. The van der Waals surface area contributed by atoms with E-state index in [2.05, 4.69) is 20.6 Å². The van der Waals surface area contributed by atoms with E-state index >= 15 is 0 Å². The zero-order chi connectivity index (χ0) is 20.1. The molecule has 1 amide bonds. The molecule has 5 nitrogen and oxygen atoms in total. The van der Waals surface area contributed by atoms with E-state index in [1.54, 1.807) is 37.3 Å². The van der Waals surface area contributed by atoms with Crippen molar-refractivity contribution in [3.8, 4) is 0 Å². The summed E-state index contributed by atoms with van der Waals surface area (Å²) in [6.07, 6.45) is 0.400. The highest BCUT2D eigenvalue weighted by molar-refractivity contribution is 6.30. The lowest BCUT2D eigenvalue weighted by atomic mass is 10.1. The summed E-state index contributed by atoms with van der Waals surface area (Å²) >= 11 is 5.98. The van der Waals surface area contributed by atoms with Crippen molar-refractivity contribution in [3.63, 3.8) is 0 Å².